The first-order chi connectivity index (χ1) is 14.3. The van der Waals surface area contributed by atoms with Crippen molar-refractivity contribution >= 4 is 17.5 Å². The lowest BCUT2D eigenvalue weighted by Crippen LogP contribution is -2.41. The maximum Gasteiger partial charge on any atom is 0.225 e. The van der Waals surface area contributed by atoms with Gasteiger partial charge in [0, 0.05) is 51.0 Å². The molecule has 29 heavy (non-hydrogen) atoms. The number of nitrogens with zero attached hydrogens (tertiary/aromatic N) is 5. The molecular weight excluding hydrogens is 364 g/mol. The van der Waals surface area contributed by atoms with Crippen LogP contribution >= 0.6 is 0 Å². The van der Waals surface area contributed by atoms with Crippen molar-refractivity contribution in [2.24, 2.45) is 5.92 Å². The summed E-state index contributed by atoms with van der Waals surface area (Å²) in [5.41, 5.74) is 2.21. The third-order valence-electron chi connectivity index (χ3n) is 5.93. The van der Waals surface area contributed by atoms with Gasteiger partial charge in [-0.15, -0.1) is 0 Å². The minimum Gasteiger partial charge on any atom is -0.369 e. The van der Waals surface area contributed by atoms with Crippen molar-refractivity contribution in [2.45, 2.75) is 38.5 Å². The number of amides is 1. The van der Waals surface area contributed by atoms with Gasteiger partial charge in [-0.05, 0) is 50.2 Å². The highest BCUT2D eigenvalue weighted by Crippen LogP contribution is 2.24. The monoisotopic (exact) mass is 394 g/mol. The van der Waals surface area contributed by atoms with Gasteiger partial charge in [0.1, 0.15) is 0 Å². The zero-order valence-electron chi connectivity index (χ0n) is 17.0. The van der Waals surface area contributed by atoms with Gasteiger partial charge in [-0.25, -0.2) is 9.97 Å². The molecule has 0 aliphatic carbocycles. The zero-order valence-corrected chi connectivity index (χ0v) is 17.0. The number of aromatic nitrogens is 3. The molecule has 1 amide bonds. The lowest BCUT2D eigenvalue weighted by atomic mass is 9.95. The van der Waals surface area contributed by atoms with E-state index in [-0.39, 0.29) is 11.8 Å². The largest absolute Gasteiger partial charge is 0.369 e. The minimum absolute atomic E-state index is 0.0914. The highest BCUT2D eigenvalue weighted by molar-refractivity contribution is 5.79. The molecular formula is C22H30N6O. The number of rotatable bonds is 6. The smallest absolute Gasteiger partial charge is 0.225 e. The van der Waals surface area contributed by atoms with Crippen molar-refractivity contribution in [1.82, 2.24) is 20.3 Å². The van der Waals surface area contributed by atoms with E-state index in [1.807, 2.05) is 30.7 Å². The average molecular weight is 395 g/mol. The minimum atomic E-state index is 0.0914. The van der Waals surface area contributed by atoms with Crippen LogP contribution in [0.5, 0.6) is 0 Å². The van der Waals surface area contributed by atoms with Crippen LogP contribution in [-0.4, -0.2) is 53.6 Å². The summed E-state index contributed by atoms with van der Waals surface area (Å²) >= 11 is 0. The fourth-order valence-corrected chi connectivity index (χ4v) is 4.16. The predicted molar refractivity (Wildman–Crippen MR) is 114 cm³/mol. The van der Waals surface area contributed by atoms with Crippen molar-refractivity contribution in [3.63, 3.8) is 0 Å². The first-order valence-corrected chi connectivity index (χ1v) is 10.8. The van der Waals surface area contributed by atoms with E-state index in [2.05, 4.69) is 30.1 Å². The molecule has 0 aromatic carbocycles. The molecule has 2 aliphatic rings. The summed E-state index contributed by atoms with van der Waals surface area (Å²) in [4.78, 5) is 30.3. The van der Waals surface area contributed by atoms with Crippen LogP contribution < -0.4 is 15.1 Å². The van der Waals surface area contributed by atoms with Crippen LogP contribution in [0, 0.1) is 5.92 Å². The second kappa shape index (κ2) is 9.67. The van der Waals surface area contributed by atoms with E-state index >= 15 is 0 Å². The summed E-state index contributed by atoms with van der Waals surface area (Å²) in [6.07, 6.45) is 13.8. The quantitative estimate of drug-likeness (QED) is 0.811. The summed E-state index contributed by atoms with van der Waals surface area (Å²) in [5, 5.41) is 3.08. The van der Waals surface area contributed by atoms with Gasteiger partial charge in [0.25, 0.3) is 0 Å². The molecule has 0 atom stereocenters. The van der Waals surface area contributed by atoms with E-state index in [0.29, 0.717) is 6.54 Å². The third kappa shape index (κ3) is 5.22. The molecule has 0 bridgehead atoms. The molecule has 7 heteroatoms. The third-order valence-corrected chi connectivity index (χ3v) is 5.93. The molecule has 154 valence electrons. The van der Waals surface area contributed by atoms with Crippen LogP contribution in [0.2, 0.25) is 0 Å². The van der Waals surface area contributed by atoms with Gasteiger partial charge < -0.3 is 15.1 Å². The molecule has 7 nitrogen and oxygen atoms in total. The van der Waals surface area contributed by atoms with E-state index in [4.69, 9.17) is 0 Å². The fraction of sp³-hybridized carbons (Fsp3) is 0.545. The van der Waals surface area contributed by atoms with Crippen molar-refractivity contribution in [1.29, 1.82) is 0 Å². The van der Waals surface area contributed by atoms with Crippen LogP contribution in [-0.2, 0) is 11.2 Å². The van der Waals surface area contributed by atoms with Crippen molar-refractivity contribution in [3.8, 4) is 0 Å². The highest BCUT2D eigenvalue weighted by atomic mass is 16.1. The maximum atomic E-state index is 12.5. The standard InChI is InChI=1S/C22H30N6O/c29-21(24-10-6-18-5-4-9-23-15-18)19-7-13-27(14-8-19)20-16-25-22(26-17-20)28-11-2-1-3-12-28/h4-5,9,15-17,19H,1-3,6-8,10-14H2,(H,24,29). The van der Waals surface area contributed by atoms with Crippen LogP contribution in [0.25, 0.3) is 0 Å². The normalized spacial score (nSPS) is 17.9. The summed E-state index contributed by atoms with van der Waals surface area (Å²) in [6.45, 7) is 4.51. The molecule has 4 rings (SSSR count). The summed E-state index contributed by atoms with van der Waals surface area (Å²) in [7, 11) is 0. The number of piperidine rings is 2. The first kappa shape index (κ1) is 19.6. The number of pyridine rings is 1. The van der Waals surface area contributed by atoms with Gasteiger partial charge in [-0.1, -0.05) is 6.07 Å². The van der Waals surface area contributed by atoms with Gasteiger partial charge in [0.15, 0.2) is 0 Å². The number of anilines is 2. The van der Waals surface area contributed by atoms with E-state index in [9.17, 15) is 4.79 Å². The Hall–Kier alpha value is -2.70. The second-order valence-electron chi connectivity index (χ2n) is 7.95. The van der Waals surface area contributed by atoms with Crippen molar-refractivity contribution in [2.75, 3.05) is 42.5 Å². The van der Waals surface area contributed by atoms with Crippen LogP contribution in [0.3, 0.4) is 0 Å². The van der Waals surface area contributed by atoms with Gasteiger partial charge in [-0.2, -0.15) is 0 Å². The molecule has 2 saturated heterocycles. The molecule has 2 aromatic heterocycles. The van der Waals surface area contributed by atoms with E-state index < -0.39 is 0 Å². The van der Waals surface area contributed by atoms with Gasteiger partial charge >= 0.3 is 0 Å². The Morgan fingerprint density at radius 1 is 1.00 bits per heavy atom. The molecule has 1 N–H and O–H groups in total. The van der Waals surface area contributed by atoms with Crippen LogP contribution in [0.1, 0.15) is 37.7 Å². The lowest BCUT2D eigenvalue weighted by molar-refractivity contribution is -0.125. The number of hydrogen-bond donors (Lipinski definition) is 1. The Kier molecular flexibility index (Phi) is 6.54. The zero-order chi connectivity index (χ0) is 19.9. The highest BCUT2D eigenvalue weighted by Gasteiger charge is 2.25. The van der Waals surface area contributed by atoms with Gasteiger partial charge in [-0.3, -0.25) is 9.78 Å². The second-order valence-corrected chi connectivity index (χ2v) is 7.95. The van der Waals surface area contributed by atoms with Crippen molar-refractivity contribution < 1.29 is 4.79 Å². The molecule has 0 spiro atoms. The molecule has 2 aromatic rings. The first-order valence-electron chi connectivity index (χ1n) is 10.8. The van der Waals surface area contributed by atoms with Crippen molar-refractivity contribution in [3.05, 3.63) is 42.5 Å². The number of carbonyl (C=O) groups is 1. The molecule has 2 fully saturated rings. The van der Waals surface area contributed by atoms with Gasteiger partial charge in [0.2, 0.25) is 11.9 Å². The predicted octanol–water partition coefficient (Wildman–Crippen LogP) is 2.44. The Balaban J connectivity index is 1.22. The van der Waals surface area contributed by atoms with E-state index in [0.717, 1.165) is 62.6 Å². The molecule has 2 aliphatic heterocycles. The SMILES string of the molecule is O=C(NCCc1cccnc1)C1CCN(c2cnc(N3CCCCC3)nc2)CC1. The molecule has 0 saturated carbocycles. The molecule has 0 unspecified atom stereocenters. The number of nitrogens with one attached hydrogen (secondary N) is 1. The average Bonchev–Trinajstić information content (AvgIpc) is 2.80. The summed E-state index contributed by atoms with van der Waals surface area (Å²) in [6, 6.07) is 3.96. The number of carbonyl (C=O) groups excluding carboxylic acids is 1. The number of hydrogen-bond acceptors (Lipinski definition) is 6. The summed E-state index contributed by atoms with van der Waals surface area (Å²) < 4.78 is 0. The van der Waals surface area contributed by atoms with Gasteiger partial charge in [0.05, 0.1) is 18.1 Å². The van der Waals surface area contributed by atoms with Crippen LogP contribution in [0.4, 0.5) is 11.6 Å². The van der Waals surface area contributed by atoms with E-state index in [1.165, 1.54) is 19.3 Å². The topological polar surface area (TPSA) is 74.2 Å². The van der Waals surface area contributed by atoms with E-state index in [1.54, 1.807) is 6.20 Å². The lowest BCUT2D eigenvalue weighted by Gasteiger charge is -2.33. The summed E-state index contributed by atoms with van der Waals surface area (Å²) in [5.74, 6) is 1.11. The molecule has 4 heterocycles. The maximum absolute atomic E-state index is 12.5. The Morgan fingerprint density at radius 3 is 2.45 bits per heavy atom. The Labute approximate surface area is 172 Å². The molecule has 0 radical (unpaired) electrons. The Morgan fingerprint density at radius 2 is 1.76 bits per heavy atom. The Bertz CT molecular complexity index is 768. The fourth-order valence-electron chi connectivity index (χ4n) is 4.16. The van der Waals surface area contributed by atoms with Crippen LogP contribution in [0.15, 0.2) is 36.9 Å².